The van der Waals surface area contributed by atoms with Crippen molar-refractivity contribution < 1.29 is 9.90 Å². The van der Waals surface area contributed by atoms with Crippen LogP contribution in [0, 0.1) is 5.41 Å². The van der Waals surface area contributed by atoms with Crippen molar-refractivity contribution in [1.82, 2.24) is 9.80 Å². The highest BCUT2D eigenvalue weighted by Gasteiger charge is 2.34. The zero-order valence-electron chi connectivity index (χ0n) is 12.3. The van der Waals surface area contributed by atoms with E-state index in [4.69, 9.17) is 0 Å². The van der Waals surface area contributed by atoms with Gasteiger partial charge in [0.25, 0.3) is 0 Å². The van der Waals surface area contributed by atoms with E-state index in [9.17, 15) is 9.90 Å². The molecule has 1 heterocycles. The van der Waals surface area contributed by atoms with Gasteiger partial charge in [0.05, 0.1) is 5.41 Å². The topological polar surface area (TPSA) is 43.8 Å². The van der Waals surface area contributed by atoms with Gasteiger partial charge in [0.1, 0.15) is 0 Å². The van der Waals surface area contributed by atoms with E-state index < -0.39 is 11.4 Å². The molecule has 1 N–H and O–H groups in total. The van der Waals surface area contributed by atoms with Crippen molar-refractivity contribution in [3.63, 3.8) is 0 Å². The van der Waals surface area contributed by atoms with E-state index in [0.717, 1.165) is 19.4 Å². The second-order valence-corrected chi connectivity index (χ2v) is 6.09. The Labute approximate surface area is 111 Å². The summed E-state index contributed by atoms with van der Waals surface area (Å²) in [6.07, 6.45) is 4.16. The molecule has 1 aliphatic rings. The number of hydrogen-bond donors (Lipinski definition) is 1. The van der Waals surface area contributed by atoms with Crippen molar-refractivity contribution >= 4 is 5.97 Å². The second-order valence-electron chi connectivity index (χ2n) is 6.09. The number of nitrogens with zero attached hydrogens (tertiary/aromatic N) is 2. The van der Waals surface area contributed by atoms with Gasteiger partial charge in [0.2, 0.25) is 0 Å². The molecule has 0 aromatic heterocycles. The van der Waals surface area contributed by atoms with Gasteiger partial charge >= 0.3 is 5.97 Å². The predicted molar refractivity (Wildman–Crippen MR) is 73.8 cm³/mol. The smallest absolute Gasteiger partial charge is 0.310 e. The van der Waals surface area contributed by atoms with E-state index in [-0.39, 0.29) is 0 Å². The first-order valence-corrected chi connectivity index (χ1v) is 7.01. The highest BCUT2D eigenvalue weighted by atomic mass is 16.4. The molecule has 106 valence electrons. The minimum Gasteiger partial charge on any atom is -0.481 e. The van der Waals surface area contributed by atoms with Gasteiger partial charge in [-0.3, -0.25) is 4.79 Å². The van der Waals surface area contributed by atoms with Crippen LogP contribution in [0.2, 0.25) is 0 Å². The molecule has 2 unspecified atom stereocenters. The lowest BCUT2D eigenvalue weighted by molar-refractivity contribution is -0.149. The summed E-state index contributed by atoms with van der Waals surface area (Å²) in [5, 5.41) is 9.39. The van der Waals surface area contributed by atoms with Crippen LogP contribution in [0.5, 0.6) is 0 Å². The highest BCUT2D eigenvalue weighted by molar-refractivity contribution is 5.74. The largest absolute Gasteiger partial charge is 0.481 e. The van der Waals surface area contributed by atoms with E-state index >= 15 is 0 Å². The van der Waals surface area contributed by atoms with Gasteiger partial charge in [-0.15, -0.1) is 0 Å². The molecule has 1 fully saturated rings. The number of hydrogen-bond acceptors (Lipinski definition) is 3. The maximum absolute atomic E-state index is 11.4. The van der Waals surface area contributed by atoms with Crippen LogP contribution in [0.25, 0.3) is 0 Å². The number of aliphatic carboxylic acids is 1. The van der Waals surface area contributed by atoms with Crippen molar-refractivity contribution in [3.8, 4) is 0 Å². The molecule has 1 aliphatic heterocycles. The number of carbonyl (C=O) groups is 1. The SMILES string of the molecule is CCCC(C)(CN(C)CC1CCCN1C)C(=O)O. The van der Waals surface area contributed by atoms with Crippen LogP contribution in [-0.4, -0.2) is 60.6 Å². The van der Waals surface area contributed by atoms with E-state index in [1.54, 1.807) is 0 Å². The molecule has 1 rings (SSSR count). The van der Waals surface area contributed by atoms with Crippen molar-refractivity contribution in [3.05, 3.63) is 0 Å². The summed E-state index contributed by atoms with van der Waals surface area (Å²) in [4.78, 5) is 16.0. The quantitative estimate of drug-likeness (QED) is 0.755. The first-order chi connectivity index (χ1) is 8.39. The summed E-state index contributed by atoms with van der Waals surface area (Å²) in [7, 11) is 4.21. The van der Waals surface area contributed by atoms with E-state index in [1.165, 1.54) is 19.4 Å². The molecule has 2 atom stereocenters. The van der Waals surface area contributed by atoms with E-state index in [1.807, 2.05) is 20.9 Å². The lowest BCUT2D eigenvalue weighted by Crippen LogP contribution is -2.44. The first kappa shape index (κ1) is 15.4. The Bertz CT molecular complexity index is 283. The Morgan fingerprint density at radius 2 is 2.22 bits per heavy atom. The molecule has 1 saturated heterocycles. The molecule has 4 nitrogen and oxygen atoms in total. The zero-order valence-corrected chi connectivity index (χ0v) is 12.3. The fourth-order valence-electron chi connectivity index (χ4n) is 3.04. The molecule has 0 saturated carbocycles. The maximum Gasteiger partial charge on any atom is 0.310 e. The Morgan fingerprint density at radius 1 is 1.56 bits per heavy atom. The summed E-state index contributed by atoms with van der Waals surface area (Å²) in [5.74, 6) is -0.670. The van der Waals surface area contributed by atoms with Crippen molar-refractivity contribution in [2.45, 2.75) is 45.6 Å². The van der Waals surface area contributed by atoms with Gasteiger partial charge in [0, 0.05) is 19.1 Å². The molecule has 0 aliphatic carbocycles. The third kappa shape index (κ3) is 3.95. The van der Waals surface area contributed by atoms with Crippen LogP contribution in [0.15, 0.2) is 0 Å². The average Bonchev–Trinajstić information content (AvgIpc) is 2.64. The summed E-state index contributed by atoms with van der Waals surface area (Å²) in [6.45, 7) is 6.70. The predicted octanol–water partition coefficient (Wildman–Crippen LogP) is 1.90. The number of likely N-dealkylation sites (tertiary alicyclic amines) is 1. The fourth-order valence-corrected chi connectivity index (χ4v) is 3.04. The summed E-state index contributed by atoms with van der Waals surface area (Å²) >= 11 is 0. The molecule has 0 aromatic rings. The van der Waals surface area contributed by atoms with Gasteiger partial charge in [-0.25, -0.2) is 0 Å². The Morgan fingerprint density at radius 3 is 2.67 bits per heavy atom. The second kappa shape index (κ2) is 6.53. The lowest BCUT2D eigenvalue weighted by Gasteiger charge is -2.32. The molecular formula is C14H28N2O2. The van der Waals surface area contributed by atoms with Crippen LogP contribution in [0.1, 0.15) is 39.5 Å². The van der Waals surface area contributed by atoms with Gasteiger partial charge in [0.15, 0.2) is 0 Å². The van der Waals surface area contributed by atoms with Crippen LogP contribution in [0.3, 0.4) is 0 Å². The zero-order chi connectivity index (χ0) is 13.8. The fraction of sp³-hybridized carbons (Fsp3) is 0.929. The molecule has 0 aromatic carbocycles. The summed E-state index contributed by atoms with van der Waals surface area (Å²) in [5.41, 5.74) is -0.610. The van der Waals surface area contributed by atoms with Crippen LogP contribution in [-0.2, 0) is 4.79 Å². The van der Waals surface area contributed by atoms with Gasteiger partial charge in [-0.1, -0.05) is 13.3 Å². The molecule has 0 amide bonds. The highest BCUT2D eigenvalue weighted by Crippen LogP contribution is 2.25. The van der Waals surface area contributed by atoms with Crippen molar-refractivity contribution in [2.75, 3.05) is 33.7 Å². The normalized spacial score (nSPS) is 24.4. The Balaban J connectivity index is 2.50. The summed E-state index contributed by atoms with van der Waals surface area (Å²) < 4.78 is 0. The van der Waals surface area contributed by atoms with Crippen molar-refractivity contribution in [2.24, 2.45) is 5.41 Å². The first-order valence-electron chi connectivity index (χ1n) is 7.01. The number of rotatable bonds is 7. The Hall–Kier alpha value is -0.610. The van der Waals surface area contributed by atoms with Gasteiger partial charge in [-0.05, 0) is 46.8 Å². The lowest BCUT2D eigenvalue weighted by atomic mass is 9.85. The maximum atomic E-state index is 11.4. The molecular weight excluding hydrogens is 228 g/mol. The third-order valence-corrected chi connectivity index (χ3v) is 4.13. The van der Waals surface area contributed by atoms with Crippen LogP contribution >= 0.6 is 0 Å². The average molecular weight is 256 g/mol. The summed E-state index contributed by atoms with van der Waals surface area (Å²) in [6, 6.07) is 0.592. The van der Waals surface area contributed by atoms with Gasteiger partial charge < -0.3 is 14.9 Å². The standard InChI is InChI=1S/C14H28N2O2/c1-5-8-14(2,13(17)18)11-15(3)10-12-7-6-9-16(12)4/h12H,5-11H2,1-4H3,(H,17,18). The number of likely N-dealkylation sites (N-methyl/N-ethyl adjacent to an activating group) is 2. The van der Waals surface area contributed by atoms with Gasteiger partial charge in [-0.2, -0.15) is 0 Å². The molecule has 0 spiro atoms. The molecule has 4 heteroatoms. The number of carboxylic acids is 1. The third-order valence-electron chi connectivity index (χ3n) is 4.13. The van der Waals surface area contributed by atoms with E-state index in [2.05, 4.69) is 16.8 Å². The molecule has 0 bridgehead atoms. The van der Waals surface area contributed by atoms with Crippen LogP contribution in [0.4, 0.5) is 0 Å². The van der Waals surface area contributed by atoms with E-state index in [0.29, 0.717) is 12.6 Å². The van der Waals surface area contributed by atoms with Crippen LogP contribution < -0.4 is 0 Å². The molecule has 18 heavy (non-hydrogen) atoms. The Kier molecular flexibility index (Phi) is 5.60. The number of carboxylic acid groups (broad SMARTS) is 1. The minimum atomic E-state index is -0.670. The monoisotopic (exact) mass is 256 g/mol. The minimum absolute atomic E-state index is 0.592. The molecule has 0 radical (unpaired) electrons. The van der Waals surface area contributed by atoms with Crippen molar-refractivity contribution in [1.29, 1.82) is 0 Å².